The van der Waals surface area contributed by atoms with Gasteiger partial charge in [-0.05, 0) is 31.5 Å². The molecule has 0 spiro atoms. The Morgan fingerprint density at radius 2 is 1.00 bits per heavy atom. The number of rotatable bonds is 12. The van der Waals surface area contributed by atoms with Crippen LogP contribution in [-0.4, -0.2) is 61.9 Å². The van der Waals surface area contributed by atoms with E-state index in [4.69, 9.17) is 0 Å². The lowest BCUT2D eigenvalue weighted by Crippen LogP contribution is -2.72. The van der Waals surface area contributed by atoms with Crippen LogP contribution < -0.4 is 4.90 Å². The Hall–Kier alpha value is -2.07. The zero-order valence-corrected chi connectivity index (χ0v) is 19.0. The van der Waals surface area contributed by atoms with E-state index in [-0.39, 0.29) is 0 Å². The minimum absolute atomic E-state index is 0.391. The molecule has 0 bridgehead atoms. The number of anilines is 1. The Bertz CT molecular complexity index is 892. The Kier molecular flexibility index (Phi) is 9.13. The Labute approximate surface area is 200 Å². The Morgan fingerprint density at radius 3 is 1.35 bits per heavy atom. The molecule has 216 valence electrons. The number of halogens is 15. The average molecular weight is 575 g/mol. The molecule has 17 heteroatoms. The lowest BCUT2D eigenvalue weighted by Gasteiger charge is -2.42. The molecule has 0 radical (unpaired) electrons. The second-order valence-electron chi connectivity index (χ2n) is 7.77. The van der Waals surface area contributed by atoms with Crippen LogP contribution in [0.25, 0.3) is 0 Å². The van der Waals surface area contributed by atoms with Gasteiger partial charge in [0.15, 0.2) is 0 Å². The van der Waals surface area contributed by atoms with Crippen molar-refractivity contribution in [2.75, 3.05) is 25.1 Å². The molecule has 0 amide bonds. The molecular formula is C20H20F15NO. The summed E-state index contributed by atoms with van der Waals surface area (Å²) in [6, 6.07) is 4.57. The number of nitrogens with zero attached hydrogens (tertiary/aromatic N) is 1. The maximum atomic E-state index is 14.3. The summed E-state index contributed by atoms with van der Waals surface area (Å²) < 4.78 is 205. The summed E-state index contributed by atoms with van der Waals surface area (Å²) in [4.78, 5) is 1.73. The molecular weight excluding hydrogens is 555 g/mol. The molecule has 0 aliphatic carbocycles. The van der Waals surface area contributed by atoms with E-state index in [9.17, 15) is 65.9 Å². The molecule has 0 aliphatic heterocycles. The number of hydrogen-bond acceptors (Lipinski definition) is 2. The first-order chi connectivity index (χ1) is 16.4. The first-order valence-electron chi connectivity index (χ1n) is 10.1. The summed E-state index contributed by atoms with van der Waals surface area (Å²) >= 11 is 0. The molecule has 0 saturated heterocycles. The van der Waals surface area contributed by atoms with E-state index in [1.165, 1.54) is 12.1 Å². The van der Waals surface area contributed by atoms with Crippen molar-refractivity contribution in [1.82, 2.24) is 0 Å². The number of ether oxygens (including phenoxy) is 1. The van der Waals surface area contributed by atoms with E-state index in [0.717, 1.165) is 12.1 Å². The molecule has 1 aromatic rings. The fourth-order valence-electron chi connectivity index (χ4n) is 3.19. The normalized spacial score (nSPS) is 15.6. The van der Waals surface area contributed by atoms with Gasteiger partial charge in [-0.25, -0.2) is 0 Å². The maximum Gasteiger partial charge on any atom is 0.460 e. The summed E-state index contributed by atoms with van der Waals surface area (Å²) in [7, 11) is 0.613. The molecule has 1 aromatic carbocycles. The van der Waals surface area contributed by atoms with E-state index in [1.807, 2.05) is 0 Å². The predicted octanol–water partition coefficient (Wildman–Crippen LogP) is 7.98. The average Bonchev–Trinajstić information content (AvgIpc) is 2.77. The van der Waals surface area contributed by atoms with Crippen molar-refractivity contribution in [3.8, 4) is 0 Å². The molecule has 0 saturated carbocycles. The number of benzene rings is 1. The second kappa shape index (κ2) is 10.2. The molecule has 37 heavy (non-hydrogen) atoms. The zero-order valence-electron chi connectivity index (χ0n) is 19.0. The van der Waals surface area contributed by atoms with Gasteiger partial charge >= 0.3 is 41.7 Å². The van der Waals surface area contributed by atoms with E-state index >= 15 is 0 Å². The zero-order chi connectivity index (χ0) is 29.5. The van der Waals surface area contributed by atoms with Crippen LogP contribution in [0.5, 0.6) is 0 Å². The SMILES string of the molecule is CCN(CC)c1ccc(C(CC(F)(F)C(F)(F)C(F)(F)C(F)(F)C(F)(F)C(F)(F)C(F)(F)F)OC)cc1. The van der Waals surface area contributed by atoms with Crippen LogP contribution in [0.1, 0.15) is 31.9 Å². The van der Waals surface area contributed by atoms with Crippen LogP contribution in [0.15, 0.2) is 24.3 Å². The first kappa shape index (κ1) is 33.0. The molecule has 2 nitrogen and oxygen atoms in total. The van der Waals surface area contributed by atoms with Gasteiger partial charge < -0.3 is 9.64 Å². The minimum atomic E-state index is -8.31. The van der Waals surface area contributed by atoms with Gasteiger partial charge in [-0.2, -0.15) is 65.9 Å². The van der Waals surface area contributed by atoms with Gasteiger partial charge in [0.05, 0.1) is 6.10 Å². The van der Waals surface area contributed by atoms with Crippen molar-refractivity contribution < 1.29 is 70.6 Å². The van der Waals surface area contributed by atoms with Crippen LogP contribution >= 0.6 is 0 Å². The van der Waals surface area contributed by atoms with Crippen LogP contribution in [0.4, 0.5) is 71.5 Å². The van der Waals surface area contributed by atoms with Gasteiger partial charge in [0.1, 0.15) is 0 Å². The van der Waals surface area contributed by atoms with Crippen LogP contribution in [0, 0.1) is 0 Å². The Morgan fingerprint density at radius 1 is 0.622 bits per heavy atom. The highest BCUT2D eigenvalue weighted by Gasteiger charge is 2.93. The molecule has 0 aromatic heterocycles. The van der Waals surface area contributed by atoms with Gasteiger partial charge in [0.25, 0.3) is 0 Å². The number of hydrogen-bond donors (Lipinski definition) is 0. The smallest absolute Gasteiger partial charge is 0.377 e. The summed E-state index contributed by atoms with van der Waals surface area (Å²) in [6.07, 6.45) is -12.5. The van der Waals surface area contributed by atoms with E-state index < -0.39 is 59.8 Å². The van der Waals surface area contributed by atoms with Gasteiger partial charge in [0, 0.05) is 32.3 Å². The van der Waals surface area contributed by atoms with Gasteiger partial charge in [0.2, 0.25) is 0 Å². The van der Waals surface area contributed by atoms with Gasteiger partial charge in [-0.15, -0.1) is 0 Å². The maximum absolute atomic E-state index is 14.3. The van der Waals surface area contributed by atoms with Crippen molar-refractivity contribution in [3.63, 3.8) is 0 Å². The van der Waals surface area contributed by atoms with Crippen LogP contribution in [0.2, 0.25) is 0 Å². The standard InChI is InChI=1S/C20H20F15NO/c1-4-36(5-2)12-8-6-11(7-9-12)13(37-3)10-14(21,22)15(23,24)16(25,26)17(27,28)18(29,30)19(31,32)20(33,34)35/h6-9,13H,4-5,10H2,1-3H3. The van der Waals surface area contributed by atoms with Gasteiger partial charge in [-0.1, -0.05) is 12.1 Å². The molecule has 1 unspecified atom stereocenters. The van der Waals surface area contributed by atoms with Crippen LogP contribution in [-0.2, 0) is 4.74 Å². The highest BCUT2D eigenvalue weighted by Crippen LogP contribution is 2.63. The van der Waals surface area contributed by atoms with E-state index in [1.54, 1.807) is 18.7 Å². The molecule has 0 aliphatic rings. The fourth-order valence-corrected chi connectivity index (χ4v) is 3.19. The number of methoxy groups -OCH3 is 1. The summed E-state index contributed by atoms with van der Waals surface area (Å²) in [6.45, 7) is 4.41. The monoisotopic (exact) mass is 575 g/mol. The van der Waals surface area contributed by atoms with Crippen molar-refractivity contribution in [1.29, 1.82) is 0 Å². The molecule has 0 fully saturated rings. The lowest BCUT2D eigenvalue weighted by atomic mass is 9.88. The summed E-state index contributed by atoms with van der Waals surface area (Å²) in [5.74, 6) is -46.6. The van der Waals surface area contributed by atoms with Crippen molar-refractivity contribution in [2.24, 2.45) is 0 Å². The third kappa shape index (κ3) is 5.28. The van der Waals surface area contributed by atoms with Gasteiger partial charge in [-0.3, -0.25) is 0 Å². The van der Waals surface area contributed by atoms with Crippen molar-refractivity contribution in [2.45, 2.75) is 68.1 Å². The Balaban J connectivity index is 3.44. The first-order valence-corrected chi connectivity index (χ1v) is 10.1. The van der Waals surface area contributed by atoms with E-state index in [2.05, 4.69) is 4.74 Å². The van der Waals surface area contributed by atoms with E-state index in [0.29, 0.717) is 25.9 Å². The molecule has 1 rings (SSSR count). The summed E-state index contributed by atoms with van der Waals surface area (Å²) in [5.41, 5.74) is 0.0950. The number of alkyl halides is 15. The largest absolute Gasteiger partial charge is 0.460 e. The molecule has 0 heterocycles. The third-order valence-corrected chi connectivity index (χ3v) is 5.51. The fraction of sp³-hybridized carbons (Fsp3) is 0.700. The van der Waals surface area contributed by atoms with Crippen molar-refractivity contribution >= 4 is 5.69 Å². The highest BCUT2D eigenvalue weighted by molar-refractivity contribution is 5.47. The molecule has 1 atom stereocenters. The minimum Gasteiger partial charge on any atom is -0.377 e. The third-order valence-electron chi connectivity index (χ3n) is 5.51. The second-order valence-corrected chi connectivity index (χ2v) is 7.77. The topological polar surface area (TPSA) is 12.5 Å². The lowest BCUT2D eigenvalue weighted by molar-refractivity contribution is -0.453. The quantitative estimate of drug-likeness (QED) is 0.235. The predicted molar refractivity (Wildman–Crippen MR) is 100 cm³/mol. The van der Waals surface area contributed by atoms with Crippen molar-refractivity contribution in [3.05, 3.63) is 29.8 Å². The molecule has 0 N–H and O–H groups in total. The van der Waals surface area contributed by atoms with Crippen LogP contribution in [0.3, 0.4) is 0 Å². The summed E-state index contributed by atoms with van der Waals surface area (Å²) in [5, 5.41) is 0. The highest BCUT2D eigenvalue weighted by atomic mass is 19.4.